The molecule has 0 aromatic heterocycles. The molecule has 8 saturated carbocycles. The molecule has 0 aliphatic heterocycles. The van der Waals surface area contributed by atoms with Crippen LogP contribution in [0.1, 0.15) is 347 Å². The van der Waals surface area contributed by atoms with Crippen LogP contribution in [0.25, 0.3) is 0 Å². The Morgan fingerprint density at radius 3 is 0.593 bits per heavy atom. The van der Waals surface area contributed by atoms with E-state index in [1.165, 1.54) is 167 Å². The molecule has 8 aliphatic rings. The molecule has 0 radical (unpaired) electrons. The van der Waals surface area contributed by atoms with Crippen LogP contribution in [0.3, 0.4) is 0 Å². The standard InChI is InChI=1S/2C22H42.2C21H40/c2*1-14(2)8-20-11-17(5)22(18(6)12-20)13-21-9-15(3)19(7)16(4)10-21;2*1-14(2)9-19-7-8-21(17(5)12-19)13-20-10-15(3)18(6)16(4)11-20/h2*14-22H,8-13H2,1-7H3;2*14-21H,7-13H2,1-6H3. The van der Waals surface area contributed by atoms with Crippen LogP contribution in [0.2, 0.25) is 0 Å². The fraction of sp³-hybridized carbons (Fsp3) is 1.00. The van der Waals surface area contributed by atoms with E-state index in [1.807, 2.05) is 0 Å². The quantitative estimate of drug-likeness (QED) is 0.144. The van der Waals surface area contributed by atoms with E-state index in [0.29, 0.717) is 0 Å². The Morgan fingerprint density at radius 2 is 0.384 bits per heavy atom. The highest BCUT2D eigenvalue weighted by Crippen LogP contribution is 2.51. The monoisotopic (exact) mass is 1200 g/mol. The van der Waals surface area contributed by atoms with Gasteiger partial charge in [-0.05, 0) is 355 Å². The van der Waals surface area contributed by atoms with Crippen LogP contribution < -0.4 is 0 Å². The van der Waals surface area contributed by atoms with Crippen molar-refractivity contribution in [3.05, 3.63) is 0 Å². The van der Waals surface area contributed by atoms with Gasteiger partial charge in [0.2, 0.25) is 0 Å². The molecule has 0 amide bonds. The molecule has 0 aromatic rings. The minimum atomic E-state index is 0.877. The van der Waals surface area contributed by atoms with Gasteiger partial charge in [-0.25, -0.2) is 0 Å². The van der Waals surface area contributed by atoms with Crippen LogP contribution >= 0.6 is 0 Å². The number of hydrogen-bond donors (Lipinski definition) is 0. The molecule has 0 N–H and O–H groups in total. The van der Waals surface area contributed by atoms with E-state index in [0.717, 1.165) is 201 Å². The molecule has 0 heteroatoms. The van der Waals surface area contributed by atoms with Crippen molar-refractivity contribution in [2.45, 2.75) is 347 Å². The average molecular weight is 1200 g/mol. The first-order valence-corrected chi connectivity index (χ1v) is 40.3. The van der Waals surface area contributed by atoms with Crippen molar-refractivity contribution in [2.24, 2.45) is 201 Å². The van der Waals surface area contributed by atoms with Crippen molar-refractivity contribution in [3.63, 3.8) is 0 Å². The van der Waals surface area contributed by atoms with Crippen molar-refractivity contribution in [1.29, 1.82) is 0 Å². The Morgan fingerprint density at radius 1 is 0.198 bits per heavy atom. The maximum atomic E-state index is 2.56. The zero-order valence-electron chi connectivity index (χ0n) is 64.0. The first-order valence-electron chi connectivity index (χ1n) is 40.3. The van der Waals surface area contributed by atoms with E-state index >= 15 is 0 Å². The zero-order chi connectivity index (χ0) is 64.0. The lowest BCUT2D eigenvalue weighted by Gasteiger charge is -2.44. The van der Waals surface area contributed by atoms with Crippen LogP contribution in [0.15, 0.2) is 0 Å². The summed E-state index contributed by atoms with van der Waals surface area (Å²) < 4.78 is 0. The molecule has 0 bridgehead atoms. The molecule has 0 spiro atoms. The number of rotatable bonds is 16. The first kappa shape index (κ1) is 76.7. The minimum absolute atomic E-state index is 0.877. The fourth-order valence-corrected chi connectivity index (χ4v) is 23.3. The van der Waals surface area contributed by atoms with Gasteiger partial charge in [-0.3, -0.25) is 0 Å². The van der Waals surface area contributed by atoms with E-state index in [9.17, 15) is 0 Å². The van der Waals surface area contributed by atoms with Crippen molar-refractivity contribution < 1.29 is 0 Å². The van der Waals surface area contributed by atoms with Crippen LogP contribution in [-0.4, -0.2) is 0 Å². The van der Waals surface area contributed by atoms with Crippen molar-refractivity contribution in [1.82, 2.24) is 0 Å². The average Bonchev–Trinajstić information content (AvgIpc) is 2.89. The lowest BCUT2D eigenvalue weighted by Crippen LogP contribution is -2.35. The second-order valence-corrected chi connectivity index (χ2v) is 38.8. The van der Waals surface area contributed by atoms with Crippen molar-refractivity contribution in [3.8, 4) is 0 Å². The molecule has 8 aliphatic carbocycles. The van der Waals surface area contributed by atoms with Gasteiger partial charge in [-0.2, -0.15) is 0 Å². The molecule has 86 heavy (non-hydrogen) atoms. The smallest absolute Gasteiger partial charge is 0.0360 e. The minimum Gasteiger partial charge on any atom is -0.0628 e. The van der Waals surface area contributed by atoms with Gasteiger partial charge >= 0.3 is 0 Å². The summed E-state index contributed by atoms with van der Waals surface area (Å²) in [6.07, 6.45) is 39.1. The summed E-state index contributed by atoms with van der Waals surface area (Å²) in [5.41, 5.74) is 0. The van der Waals surface area contributed by atoms with Gasteiger partial charge in [0.25, 0.3) is 0 Å². The van der Waals surface area contributed by atoms with Crippen LogP contribution in [-0.2, 0) is 0 Å². The van der Waals surface area contributed by atoms with Gasteiger partial charge < -0.3 is 0 Å². The summed E-state index contributed by atoms with van der Waals surface area (Å²) in [5.74, 6) is 32.9. The topological polar surface area (TPSA) is 0 Å². The third-order valence-corrected chi connectivity index (χ3v) is 29.2. The third kappa shape index (κ3) is 24.4. The zero-order valence-corrected chi connectivity index (χ0v) is 64.0. The molecule has 8 fully saturated rings. The summed E-state index contributed by atoms with van der Waals surface area (Å²) in [4.78, 5) is 0. The van der Waals surface area contributed by atoms with Gasteiger partial charge in [0, 0.05) is 0 Å². The van der Waals surface area contributed by atoms with E-state index in [1.54, 1.807) is 0 Å². The van der Waals surface area contributed by atoms with Gasteiger partial charge in [0.05, 0.1) is 0 Å². The molecular formula is C86H164. The van der Waals surface area contributed by atoms with E-state index in [-0.39, 0.29) is 0 Å². The summed E-state index contributed by atoms with van der Waals surface area (Å²) >= 11 is 0. The largest absolute Gasteiger partial charge is 0.0628 e. The lowest BCUT2D eigenvalue weighted by molar-refractivity contribution is 0.0614. The van der Waals surface area contributed by atoms with E-state index in [2.05, 4.69) is 180 Å². The van der Waals surface area contributed by atoms with Crippen LogP contribution in [0.5, 0.6) is 0 Å². The molecule has 0 nitrogen and oxygen atoms in total. The highest BCUT2D eigenvalue weighted by atomic mass is 14.5. The van der Waals surface area contributed by atoms with Crippen molar-refractivity contribution in [2.75, 3.05) is 0 Å². The van der Waals surface area contributed by atoms with Crippen LogP contribution in [0, 0.1) is 201 Å². The Hall–Kier alpha value is 0. The molecule has 0 saturated heterocycles. The third-order valence-electron chi connectivity index (χ3n) is 29.2. The lowest BCUT2D eigenvalue weighted by atomic mass is 9.61. The normalized spacial score (nSPS) is 46.0. The summed E-state index contributed by atoms with van der Waals surface area (Å²) in [6.45, 7) is 64.4. The molecule has 8 rings (SSSR count). The molecule has 18 atom stereocenters. The number of hydrogen-bond acceptors (Lipinski definition) is 0. The Labute approximate surface area is 545 Å². The molecule has 18 unspecified atom stereocenters. The second-order valence-electron chi connectivity index (χ2n) is 38.8. The predicted octanol–water partition coefficient (Wildman–Crippen LogP) is 27.7. The predicted molar refractivity (Wildman–Crippen MR) is 386 cm³/mol. The molecular weight excluding hydrogens is 1030 g/mol. The SMILES string of the molecule is CC(C)CC1CC(C)C(CC2CC(C)C(C)C(C)C2)C(C)C1.CC(C)CC1CC(C)C(CC2CC(C)C(C)C(C)C2)C(C)C1.CC(C)CC1CCC(CC2CC(C)C(C)C(C)C2)C(C)C1.CC(C)CC1CCC(CC2CC(C)C(C)C(C)C2)C(C)C1. The van der Waals surface area contributed by atoms with Crippen LogP contribution in [0.4, 0.5) is 0 Å². The summed E-state index contributed by atoms with van der Waals surface area (Å²) in [5, 5.41) is 0. The summed E-state index contributed by atoms with van der Waals surface area (Å²) in [6, 6.07) is 0. The summed E-state index contributed by atoms with van der Waals surface area (Å²) in [7, 11) is 0. The maximum Gasteiger partial charge on any atom is -0.0360 e. The Bertz CT molecular complexity index is 1580. The van der Waals surface area contributed by atoms with E-state index < -0.39 is 0 Å². The fourth-order valence-electron chi connectivity index (χ4n) is 23.3. The maximum absolute atomic E-state index is 2.56. The Balaban J connectivity index is 0.000000209. The Kier molecular flexibility index (Phi) is 32.7. The molecule has 0 heterocycles. The van der Waals surface area contributed by atoms with Gasteiger partial charge in [0.1, 0.15) is 0 Å². The molecule has 0 aromatic carbocycles. The van der Waals surface area contributed by atoms with Gasteiger partial charge in [-0.15, -0.1) is 0 Å². The highest BCUT2D eigenvalue weighted by molar-refractivity contribution is 4.92. The van der Waals surface area contributed by atoms with Gasteiger partial charge in [0.15, 0.2) is 0 Å². The second kappa shape index (κ2) is 36.6. The van der Waals surface area contributed by atoms with E-state index in [4.69, 9.17) is 0 Å². The van der Waals surface area contributed by atoms with Crippen molar-refractivity contribution >= 4 is 0 Å². The first-order chi connectivity index (χ1) is 40.3. The molecule has 508 valence electrons. The van der Waals surface area contributed by atoms with Gasteiger partial charge in [-0.1, -0.05) is 193 Å². The highest BCUT2D eigenvalue weighted by Gasteiger charge is 2.41.